The number of hydrogen-bond acceptors (Lipinski definition) is 6. The van der Waals surface area contributed by atoms with E-state index < -0.39 is 6.04 Å². The summed E-state index contributed by atoms with van der Waals surface area (Å²) < 4.78 is 1.67. The van der Waals surface area contributed by atoms with Crippen LogP contribution in [0, 0.1) is 31.6 Å². The van der Waals surface area contributed by atoms with Crippen molar-refractivity contribution in [1.29, 1.82) is 0 Å². The highest BCUT2D eigenvalue weighted by Gasteiger charge is 2.41. The van der Waals surface area contributed by atoms with E-state index in [1.807, 2.05) is 20.8 Å². The topological polar surface area (TPSA) is 130 Å². The van der Waals surface area contributed by atoms with Gasteiger partial charge < -0.3 is 10.6 Å². The molecule has 2 saturated carbocycles. The molecular weight excluding hydrogens is 504 g/mol. The maximum absolute atomic E-state index is 14.1. The van der Waals surface area contributed by atoms with Gasteiger partial charge in [-0.25, -0.2) is 4.98 Å². The van der Waals surface area contributed by atoms with Crippen molar-refractivity contribution in [2.24, 2.45) is 17.8 Å². The second-order valence-corrected chi connectivity index (χ2v) is 11.4. The highest BCUT2D eigenvalue weighted by molar-refractivity contribution is 6.00. The Hall–Kier alpha value is -3.56. The fraction of sp³-hybridized carbons (Fsp3) is 0.600. The number of aromatic amines is 1. The number of nitrogens with one attached hydrogen (secondary N) is 3. The standard InChI is InChI=1S/C30H42N8O2/c1-4-38-24(15-16-33-38)29(39)35-28(27(21-11-7-5-8-12-21)22-13-9-6-10-14-22)30(40)34-25-18-31-23(17-32-25)26-19(2)36-37-20(26)3/h15-18,21-22,27-28H,4-14H2,1-3H3,(H,35,39)(H,36,37)(H,32,34,40)/t28-/m0/s1. The predicted octanol–water partition coefficient (Wildman–Crippen LogP) is 5.21. The summed E-state index contributed by atoms with van der Waals surface area (Å²) in [7, 11) is 0. The van der Waals surface area contributed by atoms with Gasteiger partial charge >= 0.3 is 0 Å². The van der Waals surface area contributed by atoms with Gasteiger partial charge in [-0.1, -0.05) is 64.2 Å². The van der Waals surface area contributed by atoms with E-state index in [9.17, 15) is 9.59 Å². The zero-order valence-corrected chi connectivity index (χ0v) is 23.9. The van der Waals surface area contributed by atoms with Crippen LogP contribution in [0.2, 0.25) is 0 Å². The summed E-state index contributed by atoms with van der Waals surface area (Å²) in [4.78, 5) is 36.7. The van der Waals surface area contributed by atoms with Crippen LogP contribution in [0.25, 0.3) is 11.3 Å². The van der Waals surface area contributed by atoms with E-state index in [1.54, 1.807) is 29.3 Å². The largest absolute Gasteiger partial charge is 0.339 e. The van der Waals surface area contributed by atoms with Crippen LogP contribution in [0.3, 0.4) is 0 Å². The van der Waals surface area contributed by atoms with E-state index >= 15 is 0 Å². The van der Waals surface area contributed by atoms with Gasteiger partial charge in [0.25, 0.3) is 5.91 Å². The molecule has 10 nitrogen and oxygen atoms in total. The van der Waals surface area contributed by atoms with Gasteiger partial charge in [0.05, 0.1) is 23.8 Å². The van der Waals surface area contributed by atoms with E-state index in [0.29, 0.717) is 35.6 Å². The fourth-order valence-electron chi connectivity index (χ4n) is 6.95. The number of nitrogens with zero attached hydrogens (tertiary/aromatic N) is 5. The van der Waals surface area contributed by atoms with Gasteiger partial charge in [0.1, 0.15) is 11.7 Å². The number of hydrogen-bond donors (Lipinski definition) is 3. The number of H-pyrrole nitrogens is 1. The summed E-state index contributed by atoms with van der Waals surface area (Å²) in [5, 5.41) is 17.7. The van der Waals surface area contributed by atoms with Gasteiger partial charge in [-0.2, -0.15) is 10.2 Å². The Balaban J connectivity index is 1.43. The Morgan fingerprint density at radius 3 is 2.23 bits per heavy atom. The third kappa shape index (κ3) is 6.10. The summed E-state index contributed by atoms with van der Waals surface area (Å²) in [5.74, 6) is 0.773. The van der Waals surface area contributed by atoms with Crippen molar-refractivity contribution in [2.45, 2.75) is 97.6 Å². The van der Waals surface area contributed by atoms with Gasteiger partial charge in [0, 0.05) is 24.0 Å². The van der Waals surface area contributed by atoms with Gasteiger partial charge in [-0.3, -0.25) is 24.4 Å². The van der Waals surface area contributed by atoms with Crippen molar-refractivity contribution < 1.29 is 9.59 Å². The second-order valence-electron chi connectivity index (χ2n) is 11.4. The van der Waals surface area contributed by atoms with Crippen molar-refractivity contribution in [2.75, 3.05) is 5.32 Å². The zero-order valence-electron chi connectivity index (χ0n) is 23.9. The lowest BCUT2D eigenvalue weighted by molar-refractivity contribution is -0.121. The first-order valence-corrected chi connectivity index (χ1v) is 14.9. The molecule has 0 aliphatic heterocycles. The summed E-state index contributed by atoms with van der Waals surface area (Å²) in [6.45, 7) is 6.40. The second kappa shape index (κ2) is 12.7. The smallest absolute Gasteiger partial charge is 0.270 e. The molecule has 2 fully saturated rings. The van der Waals surface area contributed by atoms with Crippen LogP contribution in [0.4, 0.5) is 5.82 Å². The maximum atomic E-state index is 14.1. The van der Waals surface area contributed by atoms with Crippen molar-refractivity contribution in [3.05, 3.63) is 41.7 Å². The van der Waals surface area contributed by atoms with Crippen LogP contribution in [0.1, 0.15) is 93.0 Å². The molecule has 0 unspecified atom stereocenters. The van der Waals surface area contributed by atoms with E-state index in [2.05, 4.69) is 35.9 Å². The van der Waals surface area contributed by atoms with E-state index in [0.717, 1.165) is 42.6 Å². The summed E-state index contributed by atoms with van der Waals surface area (Å²) in [6, 6.07) is 1.05. The first-order valence-electron chi connectivity index (χ1n) is 14.9. The first kappa shape index (κ1) is 28.0. The molecule has 2 aliphatic carbocycles. The third-order valence-corrected chi connectivity index (χ3v) is 8.88. The summed E-state index contributed by atoms with van der Waals surface area (Å²) >= 11 is 0. The number of carbonyl (C=O) groups excluding carboxylic acids is 2. The molecule has 40 heavy (non-hydrogen) atoms. The monoisotopic (exact) mass is 546 g/mol. The minimum absolute atomic E-state index is 0.0750. The van der Waals surface area contributed by atoms with Crippen molar-refractivity contribution in [3.8, 4) is 11.3 Å². The molecule has 5 rings (SSSR count). The van der Waals surface area contributed by atoms with Crippen molar-refractivity contribution >= 4 is 17.6 Å². The fourth-order valence-corrected chi connectivity index (χ4v) is 6.95. The third-order valence-electron chi connectivity index (χ3n) is 8.88. The molecule has 2 amide bonds. The molecule has 3 N–H and O–H groups in total. The number of carbonyl (C=O) groups is 2. The maximum Gasteiger partial charge on any atom is 0.270 e. The van der Waals surface area contributed by atoms with Gasteiger partial charge in [-0.15, -0.1) is 0 Å². The molecule has 0 saturated heterocycles. The average Bonchev–Trinajstić information content (AvgIpc) is 3.60. The van der Waals surface area contributed by atoms with Crippen LogP contribution in [0.15, 0.2) is 24.7 Å². The predicted molar refractivity (Wildman–Crippen MR) is 154 cm³/mol. The molecule has 0 bridgehead atoms. The van der Waals surface area contributed by atoms with E-state index in [4.69, 9.17) is 0 Å². The molecule has 0 aromatic carbocycles. The molecule has 10 heteroatoms. The number of aryl methyl sites for hydroxylation is 3. The Kier molecular flexibility index (Phi) is 8.91. The molecule has 2 aliphatic rings. The lowest BCUT2D eigenvalue weighted by Crippen LogP contribution is -2.53. The average molecular weight is 547 g/mol. The van der Waals surface area contributed by atoms with Gasteiger partial charge in [-0.05, 0) is 44.6 Å². The van der Waals surface area contributed by atoms with Crippen LogP contribution >= 0.6 is 0 Å². The van der Waals surface area contributed by atoms with E-state index in [-0.39, 0.29) is 17.7 Å². The molecule has 1 atom stereocenters. The minimum Gasteiger partial charge on any atom is -0.339 e. The highest BCUT2D eigenvalue weighted by Crippen LogP contribution is 2.42. The summed E-state index contributed by atoms with van der Waals surface area (Å²) in [5.41, 5.74) is 3.85. The molecule has 214 valence electrons. The molecular formula is C30H42N8O2. The lowest BCUT2D eigenvalue weighted by atomic mass is 9.66. The molecule has 3 aromatic heterocycles. The van der Waals surface area contributed by atoms with Gasteiger partial charge in [0.2, 0.25) is 5.91 Å². The normalized spacial score (nSPS) is 17.6. The first-order chi connectivity index (χ1) is 19.5. The van der Waals surface area contributed by atoms with Crippen molar-refractivity contribution in [1.82, 2.24) is 35.3 Å². The van der Waals surface area contributed by atoms with Crippen LogP contribution in [-0.2, 0) is 11.3 Å². The minimum atomic E-state index is -0.668. The van der Waals surface area contributed by atoms with Gasteiger partial charge in [0.15, 0.2) is 5.82 Å². The SMILES string of the molecule is CCn1nccc1C(=O)N[C@H](C(=O)Nc1cnc(-c2c(C)n[nH]c2C)cn1)C(C1CCCCC1)C1CCCCC1. The quantitative estimate of drug-likeness (QED) is 0.338. The molecule has 0 spiro atoms. The highest BCUT2D eigenvalue weighted by atomic mass is 16.2. The number of amides is 2. The zero-order chi connectivity index (χ0) is 28.1. The Morgan fingerprint density at radius 2 is 1.68 bits per heavy atom. The Bertz CT molecular complexity index is 1250. The van der Waals surface area contributed by atoms with Crippen molar-refractivity contribution in [3.63, 3.8) is 0 Å². The Labute approximate surface area is 236 Å². The van der Waals surface area contributed by atoms with Crippen LogP contribution in [-0.4, -0.2) is 47.8 Å². The molecule has 0 radical (unpaired) electrons. The molecule has 3 heterocycles. The number of aromatic nitrogens is 6. The number of rotatable bonds is 9. The number of anilines is 1. The van der Waals surface area contributed by atoms with E-state index in [1.165, 1.54) is 38.5 Å². The Morgan fingerprint density at radius 1 is 1.00 bits per heavy atom. The van der Waals surface area contributed by atoms with Crippen LogP contribution < -0.4 is 10.6 Å². The lowest BCUT2D eigenvalue weighted by Gasteiger charge is -2.41. The molecule has 3 aromatic rings. The van der Waals surface area contributed by atoms with Crippen LogP contribution in [0.5, 0.6) is 0 Å². The summed E-state index contributed by atoms with van der Waals surface area (Å²) in [6.07, 6.45) is 16.5.